The molecule has 3 aromatic rings. The lowest BCUT2D eigenvalue weighted by Gasteiger charge is -2.23. The predicted molar refractivity (Wildman–Crippen MR) is 150 cm³/mol. The number of sulfonamides is 1. The number of rotatable bonds is 11. The van der Waals surface area contributed by atoms with Crippen LogP contribution in [-0.2, 0) is 14.8 Å². The highest BCUT2D eigenvalue weighted by molar-refractivity contribution is 7.89. The van der Waals surface area contributed by atoms with Crippen molar-refractivity contribution in [3.05, 3.63) is 53.6 Å². The van der Waals surface area contributed by atoms with Crippen molar-refractivity contribution in [2.45, 2.75) is 70.3 Å². The smallest absolute Gasteiger partial charge is 0.260 e. The third-order valence-electron chi connectivity index (χ3n) is 6.80. The van der Waals surface area contributed by atoms with E-state index in [0.29, 0.717) is 42.9 Å². The van der Waals surface area contributed by atoms with Gasteiger partial charge in [-0.15, -0.1) is 0 Å². The lowest BCUT2D eigenvalue weighted by atomic mass is 10.0. The first-order valence-corrected chi connectivity index (χ1v) is 15.4. The van der Waals surface area contributed by atoms with Gasteiger partial charge in [0.25, 0.3) is 5.91 Å². The summed E-state index contributed by atoms with van der Waals surface area (Å²) < 4.78 is 34.6. The molecule has 1 saturated heterocycles. The van der Waals surface area contributed by atoms with E-state index >= 15 is 0 Å². The van der Waals surface area contributed by atoms with Crippen molar-refractivity contribution in [3.8, 4) is 0 Å². The third kappa shape index (κ3) is 6.06. The van der Waals surface area contributed by atoms with Gasteiger partial charge in [0, 0.05) is 25.3 Å². The lowest BCUT2D eigenvalue weighted by Crippen LogP contribution is -2.37. The van der Waals surface area contributed by atoms with Crippen molar-refractivity contribution in [2.24, 2.45) is 0 Å². The summed E-state index contributed by atoms with van der Waals surface area (Å²) in [7, 11) is -3.61. The first kappa shape index (κ1) is 27.7. The van der Waals surface area contributed by atoms with Crippen molar-refractivity contribution in [1.82, 2.24) is 9.29 Å². The Labute approximate surface area is 224 Å². The molecule has 2 heterocycles. The van der Waals surface area contributed by atoms with Gasteiger partial charge < -0.3 is 4.74 Å². The van der Waals surface area contributed by atoms with Crippen LogP contribution in [0.2, 0.25) is 0 Å². The minimum atomic E-state index is -3.61. The summed E-state index contributed by atoms with van der Waals surface area (Å²) in [5.74, 6) is 0.110. The second-order valence-electron chi connectivity index (χ2n) is 9.77. The number of thiazole rings is 1. The molecule has 4 rings (SSSR count). The molecule has 9 heteroatoms. The summed E-state index contributed by atoms with van der Waals surface area (Å²) in [6, 6.07) is 12.5. The Bertz CT molecular complexity index is 1310. The van der Waals surface area contributed by atoms with Crippen molar-refractivity contribution in [2.75, 3.05) is 31.1 Å². The molecular weight excluding hydrogens is 506 g/mol. The standard InChI is InChI=1S/C28H37N3O4S2/c1-5-7-17-30(6-2)37(33,34)23-15-13-21(14-16-23)27(32)31(19-22-10-9-18-35-22)28-29-26-24(20(3)4)11-8-12-25(26)36-28/h8,11-16,20,22H,5-7,9-10,17-19H2,1-4H3. The molecular formula is C28H37N3O4S2. The summed E-state index contributed by atoms with van der Waals surface area (Å²) in [5.41, 5.74) is 2.51. The summed E-state index contributed by atoms with van der Waals surface area (Å²) in [5, 5.41) is 0.636. The number of para-hydroxylation sites is 1. The van der Waals surface area contributed by atoms with Crippen LogP contribution in [0.5, 0.6) is 0 Å². The molecule has 1 atom stereocenters. The van der Waals surface area contributed by atoms with E-state index in [4.69, 9.17) is 9.72 Å². The van der Waals surface area contributed by atoms with Gasteiger partial charge in [-0.2, -0.15) is 4.31 Å². The number of ether oxygens (including phenoxy) is 1. The monoisotopic (exact) mass is 543 g/mol. The quantitative estimate of drug-likeness (QED) is 0.294. The highest BCUT2D eigenvalue weighted by atomic mass is 32.2. The fourth-order valence-electron chi connectivity index (χ4n) is 4.64. The third-order valence-corrected chi connectivity index (χ3v) is 9.83. The topological polar surface area (TPSA) is 79.8 Å². The fraction of sp³-hybridized carbons (Fsp3) is 0.500. The number of amides is 1. The predicted octanol–water partition coefficient (Wildman–Crippen LogP) is 6.06. The molecule has 0 aliphatic carbocycles. The molecule has 37 heavy (non-hydrogen) atoms. The first-order chi connectivity index (χ1) is 17.8. The Balaban J connectivity index is 1.65. The molecule has 1 aliphatic rings. The molecule has 1 fully saturated rings. The van der Waals surface area contributed by atoms with Gasteiger partial charge >= 0.3 is 0 Å². The van der Waals surface area contributed by atoms with Gasteiger partial charge in [0.2, 0.25) is 10.0 Å². The SMILES string of the molecule is CCCCN(CC)S(=O)(=O)c1ccc(C(=O)N(CC2CCCO2)c2nc3c(C(C)C)cccc3s2)cc1. The van der Waals surface area contributed by atoms with E-state index in [9.17, 15) is 13.2 Å². The molecule has 1 aliphatic heterocycles. The zero-order valence-electron chi connectivity index (χ0n) is 22.1. The second-order valence-corrected chi connectivity index (χ2v) is 12.7. The van der Waals surface area contributed by atoms with E-state index in [1.54, 1.807) is 17.0 Å². The molecule has 0 radical (unpaired) electrons. The van der Waals surface area contributed by atoms with Crippen molar-refractivity contribution < 1.29 is 17.9 Å². The van der Waals surface area contributed by atoms with Crippen LogP contribution in [-0.4, -0.2) is 56.0 Å². The van der Waals surface area contributed by atoms with Gasteiger partial charge in [-0.3, -0.25) is 9.69 Å². The van der Waals surface area contributed by atoms with Crippen LogP contribution in [0.25, 0.3) is 10.2 Å². The largest absolute Gasteiger partial charge is 0.376 e. The van der Waals surface area contributed by atoms with Gasteiger partial charge in [0.05, 0.1) is 27.8 Å². The van der Waals surface area contributed by atoms with Crippen molar-refractivity contribution in [3.63, 3.8) is 0 Å². The van der Waals surface area contributed by atoms with Crippen molar-refractivity contribution >= 4 is 42.6 Å². The average Bonchev–Trinajstić information content (AvgIpc) is 3.56. The van der Waals surface area contributed by atoms with Gasteiger partial charge in [-0.05, 0) is 61.1 Å². The lowest BCUT2D eigenvalue weighted by molar-refractivity contribution is 0.0917. The van der Waals surface area contributed by atoms with Gasteiger partial charge in [0.1, 0.15) is 0 Å². The summed E-state index contributed by atoms with van der Waals surface area (Å²) in [6.45, 7) is 10.2. The minimum Gasteiger partial charge on any atom is -0.376 e. The molecule has 7 nitrogen and oxygen atoms in total. The summed E-state index contributed by atoms with van der Waals surface area (Å²) in [4.78, 5) is 20.6. The number of hydrogen-bond acceptors (Lipinski definition) is 6. The van der Waals surface area contributed by atoms with Crippen LogP contribution in [0, 0.1) is 0 Å². The Kier molecular flexibility index (Phi) is 9.00. The number of anilines is 1. The maximum absolute atomic E-state index is 13.8. The number of benzene rings is 2. The second kappa shape index (κ2) is 12.0. The van der Waals surface area contributed by atoms with Gasteiger partial charge in [0.15, 0.2) is 5.13 Å². The van der Waals surface area contributed by atoms with E-state index in [1.807, 2.05) is 26.0 Å². The van der Waals surface area contributed by atoms with Crippen molar-refractivity contribution in [1.29, 1.82) is 0 Å². The van der Waals surface area contributed by atoms with Crippen LogP contribution in [0.4, 0.5) is 5.13 Å². The summed E-state index contributed by atoms with van der Waals surface area (Å²) in [6.07, 6.45) is 3.56. The molecule has 0 N–H and O–H groups in total. The van der Waals surface area contributed by atoms with Crippen LogP contribution in [0.3, 0.4) is 0 Å². The Morgan fingerprint density at radius 1 is 1.16 bits per heavy atom. The van der Waals surface area contributed by atoms with E-state index in [2.05, 4.69) is 19.9 Å². The molecule has 0 saturated carbocycles. The van der Waals surface area contributed by atoms with E-state index in [0.717, 1.165) is 41.5 Å². The summed E-state index contributed by atoms with van der Waals surface area (Å²) >= 11 is 1.50. The highest BCUT2D eigenvalue weighted by Gasteiger charge is 2.28. The minimum absolute atomic E-state index is 0.0446. The zero-order valence-corrected chi connectivity index (χ0v) is 23.8. The van der Waals surface area contributed by atoms with Crippen LogP contribution >= 0.6 is 11.3 Å². The fourth-order valence-corrected chi connectivity index (χ4v) is 7.13. The molecule has 200 valence electrons. The van der Waals surface area contributed by atoms with Gasteiger partial charge in [-0.1, -0.05) is 57.6 Å². The molecule has 1 unspecified atom stereocenters. The normalized spacial score (nSPS) is 16.2. The highest BCUT2D eigenvalue weighted by Crippen LogP contribution is 2.35. The van der Waals surface area contributed by atoms with Gasteiger partial charge in [-0.25, -0.2) is 13.4 Å². The molecule has 1 amide bonds. The molecule has 0 bridgehead atoms. The number of carbonyl (C=O) groups is 1. The molecule has 0 spiro atoms. The Morgan fingerprint density at radius 3 is 2.54 bits per heavy atom. The Morgan fingerprint density at radius 2 is 1.92 bits per heavy atom. The number of unbranched alkanes of at least 4 members (excludes halogenated alkanes) is 1. The number of aromatic nitrogens is 1. The maximum atomic E-state index is 13.8. The number of fused-ring (bicyclic) bond motifs is 1. The maximum Gasteiger partial charge on any atom is 0.260 e. The van der Waals surface area contributed by atoms with Crippen LogP contribution in [0.1, 0.15) is 75.2 Å². The van der Waals surface area contributed by atoms with E-state index < -0.39 is 10.0 Å². The molecule has 1 aromatic heterocycles. The number of hydrogen-bond donors (Lipinski definition) is 0. The number of nitrogens with zero attached hydrogens (tertiary/aromatic N) is 3. The molecule has 2 aromatic carbocycles. The van der Waals surface area contributed by atoms with Crippen LogP contribution < -0.4 is 4.90 Å². The average molecular weight is 544 g/mol. The van der Waals surface area contributed by atoms with E-state index in [1.165, 1.54) is 27.8 Å². The zero-order chi connectivity index (χ0) is 26.6. The Hall–Kier alpha value is -2.33. The van der Waals surface area contributed by atoms with Crippen LogP contribution in [0.15, 0.2) is 47.4 Å². The number of carbonyl (C=O) groups excluding carboxylic acids is 1. The first-order valence-electron chi connectivity index (χ1n) is 13.2. The van der Waals surface area contributed by atoms with E-state index in [-0.39, 0.29) is 16.9 Å².